The fraction of sp³-hybridized carbons (Fsp3) is 0.618. The van der Waals surface area contributed by atoms with Gasteiger partial charge in [-0.1, -0.05) is 164 Å². The number of unbranched alkanes of at least 4 members (excludes halogenated alkanes) is 15. The SMILES string of the molecule is CCCCCCCCCCCCCCCCCCN(C)C(=O)C(CP)(c1ccccc1)c1ccccc1. The van der Waals surface area contributed by atoms with Gasteiger partial charge in [0.05, 0.1) is 0 Å². The van der Waals surface area contributed by atoms with Crippen LogP contribution in [0.25, 0.3) is 0 Å². The molecule has 0 N–H and O–H groups in total. The van der Waals surface area contributed by atoms with Crippen LogP contribution in [0.2, 0.25) is 0 Å². The van der Waals surface area contributed by atoms with Gasteiger partial charge in [0.15, 0.2) is 0 Å². The molecule has 0 aliphatic heterocycles. The summed E-state index contributed by atoms with van der Waals surface area (Å²) < 4.78 is 0. The third-order valence-electron chi connectivity index (χ3n) is 7.90. The van der Waals surface area contributed by atoms with Gasteiger partial charge in [0, 0.05) is 13.6 Å². The molecule has 0 saturated carbocycles. The molecule has 0 heterocycles. The largest absolute Gasteiger partial charge is 0.345 e. The Morgan fingerprint density at radius 3 is 1.32 bits per heavy atom. The van der Waals surface area contributed by atoms with E-state index in [1.165, 1.54) is 96.3 Å². The van der Waals surface area contributed by atoms with E-state index in [0.717, 1.165) is 24.1 Å². The number of carbonyl (C=O) groups excluding carboxylic acids is 1. The summed E-state index contributed by atoms with van der Waals surface area (Å²) in [5.41, 5.74) is 1.48. The maximum absolute atomic E-state index is 13.9. The number of likely N-dealkylation sites (N-methyl/N-ethyl adjacent to an activating group) is 1. The van der Waals surface area contributed by atoms with E-state index in [0.29, 0.717) is 6.16 Å². The minimum atomic E-state index is -0.656. The fourth-order valence-electron chi connectivity index (χ4n) is 5.51. The average molecular weight is 524 g/mol. The first-order chi connectivity index (χ1) is 18.2. The lowest BCUT2D eigenvalue weighted by Crippen LogP contribution is -2.47. The van der Waals surface area contributed by atoms with E-state index in [1.54, 1.807) is 0 Å². The molecule has 1 atom stereocenters. The number of carbonyl (C=O) groups is 1. The van der Waals surface area contributed by atoms with E-state index in [2.05, 4.69) is 40.4 Å². The molecule has 2 aromatic rings. The van der Waals surface area contributed by atoms with Gasteiger partial charge < -0.3 is 4.90 Å². The van der Waals surface area contributed by atoms with Crippen LogP contribution in [-0.2, 0) is 10.2 Å². The highest BCUT2D eigenvalue weighted by Crippen LogP contribution is 2.36. The van der Waals surface area contributed by atoms with Crippen LogP contribution in [0.3, 0.4) is 0 Å². The normalized spacial score (nSPS) is 11.5. The Hall–Kier alpha value is -1.66. The van der Waals surface area contributed by atoms with Gasteiger partial charge in [-0.15, -0.1) is 9.24 Å². The molecule has 0 bridgehead atoms. The van der Waals surface area contributed by atoms with Crippen molar-refractivity contribution in [3.63, 3.8) is 0 Å². The van der Waals surface area contributed by atoms with Crippen LogP contribution in [0.4, 0.5) is 0 Å². The highest BCUT2D eigenvalue weighted by Gasteiger charge is 2.42. The van der Waals surface area contributed by atoms with E-state index in [9.17, 15) is 4.79 Å². The second-order valence-corrected chi connectivity index (χ2v) is 11.3. The van der Waals surface area contributed by atoms with Crippen molar-refractivity contribution in [3.8, 4) is 0 Å². The molecule has 0 aliphatic carbocycles. The third-order valence-corrected chi connectivity index (χ3v) is 8.51. The molecule has 37 heavy (non-hydrogen) atoms. The van der Waals surface area contributed by atoms with Crippen LogP contribution in [0.5, 0.6) is 0 Å². The first-order valence-corrected chi connectivity index (χ1v) is 16.0. The van der Waals surface area contributed by atoms with Gasteiger partial charge in [-0.25, -0.2) is 0 Å². The van der Waals surface area contributed by atoms with E-state index in [1.807, 2.05) is 48.3 Å². The molecule has 1 amide bonds. The highest BCUT2D eigenvalue weighted by atomic mass is 31.0. The first kappa shape index (κ1) is 31.6. The van der Waals surface area contributed by atoms with Crippen molar-refractivity contribution in [3.05, 3.63) is 71.8 Å². The molecule has 0 aromatic heterocycles. The van der Waals surface area contributed by atoms with Gasteiger partial charge in [-0.3, -0.25) is 4.79 Å². The predicted octanol–water partition coefficient (Wildman–Crippen LogP) is 9.57. The lowest BCUT2D eigenvalue weighted by Gasteiger charge is -2.36. The number of hydrogen-bond donors (Lipinski definition) is 0. The maximum Gasteiger partial charge on any atom is 0.237 e. The Kier molecular flexibility index (Phi) is 16.6. The summed E-state index contributed by atoms with van der Waals surface area (Å²) in [6.45, 7) is 3.11. The Morgan fingerprint density at radius 2 is 0.973 bits per heavy atom. The van der Waals surface area contributed by atoms with Crippen molar-refractivity contribution >= 4 is 15.1 Å². The van der Waals surface area contributed by atoms with Crippen LogP contribution in [0.15, 0.2) is 60.7 Å². The summed E-state index contributed by atoms with van der Waals surface area (Å²) in [6.07, 6.45) is 22.5. The summed E-state index contributed by atoms with van der Waals surface area (Å²) in [7, 11) is 4.82. The molecule has 0 fully saturated rings. The fourth-order valence-corrected chi connectivity index (χ4v) is 6.15. The molecule has 0 saturated heterocycles. The van der Waals surface area contributed by atoms with Crippen LogP contribution < -0.4 is 0 Å². The standard InChI is InChI=1S/C34H54NOP/c1-3-4-5-6-7-8-9-10-11-12-13-14-15-16-17-24-29-35(2)33(36)34(30-37,31-25-20-18-21-26-31)32-27-22-19-23-28-32/h18-23,25-28H,3-17,24,29-30,37H2,1-2H3. The number of rotatable bonds is 21. The molecular formula is C34H54NOP. The minimum Gasteiger partial charge on any atom is -0.345 e. The average Bonchev–Trinajstić information content (AvgIpc) is 2.94. The molecule has 2 aromatic carbocycles. The smallest absolute Gasteiger partial charge is 0.237 e. The maximum atomic E-state index is 13.9. The van der Waals surface area contributed by atoms with Crippen LogP contribution in [0.1, 0.15) is 121 Å². The van der Waals surface area contributed by atoms with Gasteiger partial charge in [0.2, 0.25) is 5.91 Å². The van der Waals surface area contributed by atoms with E-state index < -0.39 is 5.41 Å². The minimum absolute atomic E-state index is 0.195. The van der Waals surface area contributed by atoms with Gasteiger partial charge in [0.1, 0.15) is 5.41 Å². The second kappa shape index (κ2) is 19.4. The molecule has 1 unspecified atom stereocenters. The molecule has 2 nitrogen and oxygen atoms in total. The number of hydrogen-bond acceptors (Lipinski definition) is 1. The lowest BCUT2D eigenvalue weighted by atomic mass is 9.74. The molecule has 206 valence electrons. The van der Waals surface area contributed by atoms with Crippen molar-refractivity contribution in [2.75, 3.05) is 19.8 Å². The Morgan fingerprint density at radius 1 is 0.622 bits per heavy atom. The predicted molar refractivity (Wildman–Crippen MR) is 165 cm³/mol. The topological polar surface area (TPSA) is 20.3 Å². The van der Waals surface area contributed by atoms with E-state index in [-0.39, 0.29) is 5.91 Å². The molecule has 0 radical (unpaired) electrons. The second-order valence-electron chi connectivity index (χ2n) is 10.9. The number of nitrogens with zero attached hydrogens (tertiary/aromatic N) is 1. The van der Waals surface area contributed by atoms with Gasteiger partial charge >= 0.3 is 0 Å². The zero-order valence-corrected chi connectivity index (χ0v) is 25.1. The van der Waals surface area contributed by atoms with Crippen molar-refractivity contribution in [2.24, 2.45) is 0 Å². The van der Waals surface area contributed by atoms with Gasteiger partial charge in [-0.05, 0) is 23.7 Å². The van der Waals surface area contributed by atoms with Crippen molar-refractivity contribution in [1.82, 2.24) is 4.90 Å². The summed E-state index contributed by atoms with van der Waals surface area (Å²) in [4.78, 5) is 15.9. The molecule has 0 aliphatic rings. The van der Waals surface area contributed by atoms with Crippen LogP contribution >= 0.6 is 9.24 Å². The van der Waals surface area contributed by atoms with E-state index >= 15 is 0 Å². The molecule has 0 spiro atoms. The number of amides is 1. The summed E-state index contributed by atoms with van der Waals surface area (Å²) in [6, 6.07) is 20.6. The Labute approximate surface area is 231 Å². The number of benzene rings is 2. The summed E-state index contributed by atoms with van der Waals surface area (Å²) in [5, 5.41) is 0. The summed E-state index contributed by atoms with van der Waals surface area (Å²) in [5.74, 6) is 0.195. The van der Waals surface area contributed by atoms with Crippen LogP contribution in [-0.4, -0.2) is 30.6 Å². The highest BCUT2D eigenvalue weighted by molar-refractivity contribution is 7.16. The van der Waals surface area contributed by atoms with Crippen molar-refractivity contribution in [2.45, 2.75) is 115 Å². The first-order valence-electron chi connectivity index (χ1n) is 15.2. The van der Waals surface area contributed by atoms with Crippen LogP contribution in [0, 0.1) is 0 Å². The quantitative estimate of drug-likeness (QED) is 0.118. The molecular weight excluding hydrogens is 469 g/mol. The van der Waals surface area contributed by atoms with Crippen molar-refractivity contribution < 1.29 is 4.79 Å². The Bertz CT molecular complexity index is 783. The Balaban J connectivity index is 1.64. The third kappa shape index (κ3) is 10.9. The summed E-state index contributed by atoms with van der Waals surface area (Å²) >= 11 is 0. The van der Waals surface area contributed by atoms with E-state index in [4.69, 9.17) is 0 Å². The van der Waals surface area contributed by atoms with Gasteiger partial charge in [0.25, 0.3) is 0 Å². The zero-order valence-electron chi connectivity index (χ0n) is 23.9. The van der Waals surface area contributed by atoms with Gasteiger partial charge in [-0.2, -0.15) is 0 Å². The molecule has 3 heteroatoms. The lowest BCUT2D eigenvalue weighted by molar-refractivity contribution is -0.133. The monoisotopic (exact) mass is 523 g/mol. The zero-order chi connectivity index (χ0) is 26.6. The van der Waals surface area contributed by atoms with Crippen molar-refractivity contribution in [1.29, 1.82) is 0 Å². The molecule has 2 rings (SSSR count).